The number of carbonyl (C=O) groups is 4. The molecule has 44 heavy (non-hydrogen) atoms. The van der Waals surface area contributed by atoms with Gasteiger partial charge in [-0.05, 0) is 65.0 Å². The first kappa shape index (κ1) is 36.3. The van der Waals surface area contributed by atoms with Crippen LogP contribution in [0.2, 0.25) is 0 Å². The number of nitrogens with one attached hydrogen (secondary N) is 2. The van der Waals surface area contributed by atoms with Crippen molar-refractivity contribution in [3.8, 4) is 0 Å². The van der Waals surface area contributed by atoms with Crippen LogP contribution in [0.4, 0.5) is 4.79 Å². The quantitative estimate of drug-likeness (QED) is 0.270. The van der Waals surface area contributed by atoms with Crippen LogP contribution < -0.4 is 10.6 Å². The third-order valence-corrected chi connectivity index (χ3v) is 6.86. The maximum atomic E-state index is 14.3. The summed E-state index contributed by atoms with van der Waals surface area (Å²) in [7, 11) is 0. The molecule has 0 aliphatic carbocycles. The van der Waals surface area contributed by atoms with E-state index in [2.05, 4.69) is 10.6 Å². The normalized spacial score (nSPS) is 14.4. The van der Waals surface area contributed by atoms with Crippen molar-refractivity contribution in [2.24, 2.45) is 5.92 Å². The second-order valence-electron chi connectivity index (χ2n) is 13.1. The number of esters is 1. The van der Waals surface area contributed by atoms with E-state index in [1.807, 2.05) is 57.2 Å². The van der Waals surface area contributed by atoms with Crippen LogP contribution in [0, 0.1) is 5.92 Å². The van der Waals surface area contributed by atoms with Crippen LogP contribution in [0.25, 0.3) is 0 Å². The molecule has 2 N–H and O–H groups in total. The van der Waals surface area contributed by atoms with Gasteiger partial charge in [0, 0.05) is 13.0 Å². The Hall–Kier alpha value is -3.88. The molecule has 0 aromatic heterocycles. The topological polar surface area (TPSA) is 114 Å². The third-order valence-electron chi connectivity index (χ3n) is 6.86. The molecule has 3 amide bonds. The van der Waals surface area contributed by atoms with Crippen molar-refractivity contribution in [2.75, 3.05) is 6.54 Å². The van der Waals surface area contributed by atoms with Gasteiger partial charge in [0.2, 0.25) is 11.8 Å². The number of alkyl carbamates (subject to hydrolysis) is 1. The molecule has 242 valence electrons. The van der Waals surface area contributed by atoms with Gasteiger partial charge in [-0.3, -0.25) is 9.59 Å². The van der Waals surface area contributed by atoms with Crippen molar-refractivity contribution in [3.05, 3.63) is 71.8 Å². The van der Waals surface area contributed by atoms with Crippen molar-refractivity contribution in [3.63, 3.8) is 0 Å². The SMILES string of the molecule is CCCN(C(=O)C(NC(=O)OC(C)(C)C)C(C)CC)C(C(=O)NC(Cc1ccccc1)C(=O)OC(C)(C)C)c1ccccc1. The molecule has 0 radical (unpaired) electrons. The highest BCUT2D eigenvalue weighted by molar-refractivity contribution is 5.94. The van der Waals surface area contributed by atoms with Gasteiger partial charge < -0.3 is 25.0 Å². The van der Waals surface area contributed by atoms with Crippen LogP contribution in [0.3, 0.4) is 0 Å². The molecule has 0 saturated carbocycles. The van der Waals surface area contributed by atoms with Gasteiger partial charge in [0.25, 0.3) is 0 Å². The van der Waals surface area contributed by atoms with Crippen LogP contribution in [0.5, 0.6) is 0 Å². The lowest BCUT2D eigenvalue weighted by Gasteiger charge is -2.36. The average molecular weight is 610 g/mol. The molecule has 4 atom stereocenters. The van der Waals surface area contributed by atoms with E-state index in [0.29, 0.717) is 18.4 Å². The Morgan fingerprint density at radius 2 is 1.34 bits per heavy atom. The van der Waals surface area contributed by atoms with E-state index in [-0.39, 0.29) is 18.9 Å². The summed E-state index contributed by atoms with van der Waals surface area (Å²) in [6, 6.07) is 15.3. The van der Waals surface area contributed by atoms with Gasteiger partial charge in [0.15, 0.2) is 0 Å². The second kappa shape index (κ2) is 16.3. The summed E-state index contributed by atoms with van der Waals surface area (Å²) in [5.41, 5.74) is -0.0937. The number of hydrogen-bond donors (Lipinski definition) is 2. The number of amides is 3. The zero-order chi connectivity index (χ0) is 33.1. The summed E-state index contributed by atoms with van der Waals surface area (Å²) in [6.45, 7) is 16.5. The highest BCUT2D eigenvalue weighted by atomic mass is 16.6. The fraction of sp³-hybridized carbons (Fsp3) is 0.543. The molecule has 0 aliphatic rings. The molecule has 9 nitrogen and oxygen atoms in total. The lowest BCUT2D eigenvalue weighted by atomic mass is 9.95. The van der Waals surface area contributed by atoms with E-state index in [4.69, 9.17) is 9.47 Å². The average Bonchev–Trinajstić information content (AvgIpc) is 2.94. The Labute approximate surface area is 263 Å². The van der Waals surface area contributed by atoms with Crippen molar-refractivity contribution >= 4 is 23.9 Å². The van der Waals surface area contributed by atoms with E-state index in [1.54, 1.807) is 65.8 Å². The fourth-order valence-electron chi connectivity index (χ4n) is 4.68. The molecule has 0 fully saturated rings. The lowest BCUT2D eigenvalue weighted by Crippen LogP contribution is -2.56. The number of rotatable bonds is 13. The van der Waals surface area contributed by atoms with Gasteiger partial charge in [-0.2, -0.15) is 0 Å². The minimum absolute atomic E-state index is 0.209. The molecule has 2 aromatic rings. The number of benzene rings is 2. The number of ether oxygens (including phenoxy) is 2. The van der Waals surface area contributed by atoms with Gasteiger partial charge in [0.05, 0.1) is 0 Å². The van der Waals surface area contributed by atoms with Gasteiger partial charge in [-0.15, -0.1) is 0 Å². The molecule has 0 heterocycles. The van der Waals surface area contributed by atoms with Crippen molar-refractivity contribution < 1.29 is 28.7 Å². The van der Waals surface area contributed by atoms with Crippen molar-refractivity contribution in [1.29, 1.82) is 0 Å². The molecule has 0 saturated heterocycles. The number of hydrogen-bond acceptors (Lipinski definition) is 6. The Morgan fingerprint density at radius 3 is 1.84 bits per heavy atom. The number of carbonyl (C=O) groups excluding carboxylic acids is 4. The van der Waals surface area contributed by atoms with Crippen molar-refractivity contribution in [1.82, 2.24) is 15.5 Å². The van der Waals surface area contributed by atoms with Gasteiger partial charge >= 0.3 is 12.1 Å². The van der Waals surface area contributed by atoms with E-state index < -0.39 is 53.2 Å². The molecule has 0 bridgehead atoms. The van der Waals surface area contributed by atoms with E-state index in [1.165, 1.54) is 4.90 Å². The molecule has 0 aliphatic heterocycles. The Morgan fingerprint density at radius 1 is 0.795 bits per heavy atom. The zero-order valence-corrected chi connectivity index (χ0v) is 27.8. The smallest absolute Gasteiger partial charge is 0.408 e. The van der Waals surface area contributed by atoms with Crippen LogP contribution in [-0.4, -0.2) is 58.6 Å². The van der Waals surface area contributed by atoms with Gasteiger partial charge in [-0.1, -0.05) is 87.9 Å². The van der Waals surface area contributed by atoms with Crippen LogP contribution in [0.1, 0.15) is 92.3 Å². The van der Waals surface area contributed by atoms with E-state index in [9.17, 15) is 19.2 Å². The van der Waals surface area contributed by atoms with Crippen molar-refractivity contribution in [2.45, 2.75) is 111 Å². The molecule has 9 heteroatoms. The van der Waals surface area contributed by atoms with Gasteiger partial charge in [-0.25, -0.2) is 9.59 Å². The highest BCUT2D eigenvalue weighted by Crippen LogP contribution is 2.26. The lowest BCUT2D eigenvalue weighted by molar-refractivity contribution is -0.159. The third kappa shape index (κ3) is 11.7. The zero-order valence-electron chi connectivity index (χ0n) is 27.8. The maximum Gasteiger partial charge on any atom is 0.408 e. The standard InChI is InChI=1S/C35H51N3O6/c1-10-22-38(31(40)28(24(3)11-2)37-33(42)44-35(7,8)9)29(26-20-16-13-17-21-26)30(39)36-27(32(41)43-34(4,5)6)23-25-18-14-12-15-19-25/h12-21,24,27-29H,10-11,22-23H2,1-9H3,(H,36,39)(H,37,42). The van der Waals surface area contributed by atoms with Crippen LogP contribution >= 0.6 is 0 Å². The first-order valence-electron chi connectivity index (χ1n) is 15.5. The first-order chi connectivity index (χ1) is 20.6. The fourth-order valence-corrected chi connectivity index (χ4v) is 4.68. The highest BCUT2D eigenvalue weighted by Gasteiger charge is 2.39. The summed E-state index contributed by atoms with van der Waals surface area (Å²) >= 11 is 0. The second-order valence-corrected chi connectivity index (χ2v) is 13.1. The Kier molecular flexibility index (Phi) is 13.4. The molecular weight excluding hydrogens is 558 g/mol. The van der Waals surface area contributed by atoms with E-state index in [0.717, 1.165) is 5.56 Å². The number of nitrogens with zero attached hydrogens (tertiary/aromatic N) is 1. The maximum absolute atomic E-state index is 14.3. The van der Waals surface area contributed by atoms with Crippen LogP contribution in [-0.2, 0) is 30.3 Å². The summed E-state index contributed by atoms with van der Waals surface area (Å²) in [5, 5.41) is 5.68. The predicted molar refractivity (Wildman–Crippen MR) is 172 cm³/mol. The molecular formula is C35H51N3O6. The largest absolute Gasteiger partial charge is 0.458 e. The first-order valence-corrected chi connectivity index (χ1v) is 15.5. The summed E-state index contributed by atoms with van der Waals surface area (Å²) < 4.78 is 11.2. The van der Waals surface area contributed by atoms with Gasteiger partial charge in [0.1, 0.15) is 29.3 Å². The minimum Gasteiger partial charge on any atom is -0.458 e. The molecule has 2 aromatic carbocycles. The Balaban J connectivity index is 2.54. The summed E-state index contributed by atoms with van der Waals surface area (Å²) in [4.78, 5) is 56.3. The molecule has 0 spiro atoms. The van der Waals surface area contributed by atoms with Crippen LogP contribution in [0.15, 0.2) is 60.7 Å². The summed E-state index contributed by atoms with van der Waals surface area (Å²) in [6.07, 6.45) is 0.662. The monoisotopic (exact) mass is 609 g/mol. The van der Waals surface area contributed by atoms with E-state index >= 15 is 0 Å². The minimum atomic E-state index is -1.07. The predicted octanol–water partition coefficient (Wildman–Crippen LogP) is 5.97. The summed E-state index contributed by atoms with van der Waals surface area (Å²) in [5.74, 6) is -1.75. The molecule has 4 unspecified atom stereocenters. The Bertz CT molecular complexity index is 1220. The molecule has 2 rings (SSSR count).